The van der Waals surface area contributed by atoms with E-state index in [9.17, 15) is 9.18 Å². The number of carbonyl (C=O) groups excluding carboxylic acids is 1. The van der Waals surface area contributed by atoms with Crippen molar-refractivity contribution >= 4 is 28.8 Å². The lowest BCUT2D eigenvalue weighted by Crippen LogP contribution is -2.48. The summed E-state index contributed by atoms with van der Waals surface area (Å²) in [5.74, 6) is 0.562. The predicted molar refractivity (Wildman–Crippen MR) is 122 cm³/mol. The third-order valence-electron chi connectivity index (χ3n) is 5.33. The summed E-state index contributed by atoms with van der Waals surface area (Å²) in [5, 5.41) is 2.42. The Morgan fingerprint density at radius 1 is 1.13 bits per heavy atom. The Hall–Kier alpha value is -2.41. The maximum atomic E-state index is 13.2. The summed E-state index contributed by atoms with van der Waals surface area (Å²) in [7, 11) is 0. The van der Waals surface area contributed by atoms with Gasteiger partial charge < -0.3 is 9.64 Å². The van der Waals surface area contributed by atoms with Gasteiger partial charge in [-0.2, -0.15) is 0 Å². The first-order chi connectivity index (χ1) is 15.0. The molecule has 3 aromatic rings. The van der Waals surface area contributed by atoms with E-state index in [4.69, 9.17) is 16.3 Å². The van der Waals surface area contributed by atoms with Gasteiger partial charge in [0.05, 0.1) is 4.88 Å². The minimum Gasteiger partial charge on any atom is -0.489 e. The number of hydrogen-bond donors (Lipinski definition) is 0. The van der Waals surface area contributed by atoms with Crippen LogP contribution in [0.4, 0.5) is 4.39 Å². The molecule has 0 aliphatic carbocycles. The first-order valence-electron chi connectivity index (χ1n) is 10.2. The van der Waals surface area contributed by atoms with Crippen molar-refractivity contribution < 1.29 is 13.9 Å². The molecule has 31 heavy (non-hydrogen) atoms. The summed E-state index contributed by atoms with van der Waals surface area (Å²) in [6.07, 6.45) is 0. The zero-order valence-corrected chi connectivity index (χ0v) is 18.9. The highest BCUT2D eigenvalue weighted by Crippen LogP contribution is 2.22. The molecule has 1 aromatic heterocycles. The molecule has 0 atom stereocenters. The van der Waals surface area contributed by atoms with Crippen LogP contribution in [-0.2, 0) is 13.2 Å². The van der Waals surface area contributed by atoms with Crippen molar-refractivity contribution in [1.82, 2.24) is 9.80 Å². The van der Waals surface area contributed by atoms with E-state index in [2.05, 4.69) is 4.90 Å². The normalized spacial score (nSPS) is 14.6. The van der Waals surface area contributed by atoms with Gasteiger partial charge in [-0.3, -0.25) is 9.69 Å². The summed E-state index contributed by atoms with van der Waals surface area (Å²) < 4.78 is 19.1. The Labute approximate surface area is 190 Å². The minimum atomic E-state index is -0.330. The highest BCUT2D eigenvalue weighted by molar-refractivity contribution is 7.12. The summed E-state index contributed by atoms with van der Waals surface area (Å²) in [6.45, 7) is 5.96. The van der Waals surface area contributed by atoms with Gasteiger partial charge in [-0.1, -0.05) is 29.8 Å². The third-order valence-corrected chi connectivity index (χ3v) is 6.65. The van der Waals surface area contributed by atoms with E-state index in [1.807, 2.05) is 47.5 Å². The van der Waals surface area contributed by atoms with E-state index in [1.54, 1.807) is 6.07 Å². The number of amides is 1. The van der Waals surface area contributed by atoms with Gasteiger partial charge >= 0.3 is 0 Å². The van der Waals surface area contributed by atoms with Crippen LogP contribution in [0.3, 0.4) is 0 Å². The monoisotopic (exact) mass is 458 g/mol. The molecule has 4 rings (SSSR count). The number of halogens is 2. The molecule has 1 saturated heterocycles. The van der Waals surface area contributed by atoms with Gasteiger partial charge in [0.1, 0.15) is 18.2 Å². The number of hydrogen-bond acceptors (Lipinski definition) is 4. The Morgan fingerprint density at radius 2 is 1.94 bits per heavy atom. The largest absolute Gasteiger partial charge is 0.489 e. The Morgan fingerprint density at radius 3 is 2.68 bits per heavy atom. The molecule has 1 amide bonds. The molecule has 1 aliphatic rings. The van der Waals surface area contributed by atoms with Crippen molar-refractivity contribution in [2.24, 2.45) is 0 Å². The second-order valence-electron chi connectivity index (χ2n) is 7.73. The van der Waals surface area contributed by atoms with Gasteiger partial charge in [-0.15, -0.1) is 11.3 Å². The van der Waals surface area contributed by atoms with E-state index in [-0.39, 0.29) is 11.7 Å². The Kier molecular flexibility index (Phi) is 6.90. The summed E-state index contributed by atoms with van der Waals surface area (Å²) in [6, 6.07) is 14.3. The number of rotatable bonds is 6. The quantitative estimate of drug-likeness (QED) is 0.496. The summed E-state index contributed by atoms with van der Waals surface area (Å²) in [5.41, 5.74) is 3.05. The van der Waals surface area contributed by atoms with Crippen molar-refractivity contribution in [3.05, 3.63) is 86.3 Å². The van der Waals surface area contributed by atoms with Crippen molar-refractivity contribution in [2.45, 2.75) is 20.1 Å². The van der Waals surface area contributed by atoms with Gasteiger partial charge in [-0.05, 0) is 53.8 Å². The van der Waals surface area contributed by atoms with Crippen molar-refractivity contribution in [1.29, 1.82) is 0 Å². The molecule has 7 heteroatoms. The molecule has 162 valence electrons. The Balaban J connectivity index is 1.28. The molecule has 4 nitrogen and oxygen atoms in total. The lowest BCUT2D eigenvalue weighted by atomic mass is 10.2. The number of piperazine rings is 1. The number of aryl methyl sites for hydroxylation is 1. The van der Waals surface area contributed by atoms with Gasteiger partial charge in [-0.25, -0.2) is 4.39 Å². The zero-order valence-electron chi connectivity index (χ0n) is 17.3. The van der Waals surface area contributed by atoms with Gasteiger partial charge in [0.2, 0.25) is 0 Å². The van der Waals surface area contributed by atoms with Crippen LogP contribution in [0.1, 0.15) is 26.4 Å². The molecule has 0 N–H and O–H groups in total. The van der Waals surface area contributed by atoms with Crippen LogP contribution in [0.15, 0.2) is 53.9 Å². The topological polar surface area (TPSA) is 32.8 Å². The third kappa shape index (κ3) is 5.64. The lowest BCUT2D eigenvalue weighted by Gasteiger charge is -2.34. The molecular weight excluding hydrogens is 435 g/mol. The average molecular weight is 459 g/mol. The first kappa shape index (κ1) is 21.8. The second kappa shape index (κ2) is 9.81. The van der Waals surface area contributed by atoms with Crippen LogP contribution in [0.25, 0.3) is 0 Å². The number of ether oxygens (including phenoxy) is 1. The first-order valence-corrected chi connectivity index (χ1v) is 11.5. The van der Waals surface area contributed by atoms with Crippen LogP contribution in [0, 0.1) is 12.7 Å². The van der Waals surface area contributed by atoms with Gasteiger partial charge in [0.15, 0.2) is 0 Å². The molecule has 0 radical (unpaired) electrons. The molecular formula is C24H24ClFN2O2S. The van der Waals surface area contributed by atoms with E-state index >= 15 is 0 Å². The van der Waals surface area contributed by atoms with Crippen LogP contribution >= 0.6 is 22.9 Å². The standard InChI is InChI=1S/C24H24ClFN2O2S/c1-17-3-2-4-21(11-17)30-15-18-12-23(31-16-18)24(29)28-9-7-27(8-10-28)14-19-5-6-20(26)13-22(19)25/h2-6,11-13,16H,7-10,14-15H2,1H3. The van der Waals surface area contributed by atoms with Crippen molar-refractivity contribution in [2.75, 3.05) is 26.2 Å². The highest BCUT2D eigenvalue weighted by atomic mass is 35.5. The Bertz CT molecular complexity index is 1060. The summed E-state index contributed by atoms with van der Waals surface area (Å²) in [4.78, 5) is 17.8. The highest BCUT2D eigenvalue weighted by Gasteiger charge is 2.23. The zero-order chi connectivity index (χ0) is 21.8. The van der Waals surface area contributed by atoms with Crippen molar-refractivity contribution in [3.63, 3.8) is 0 Å². The maximum absolute atomic E-state index is 13.2. The van der Waals surface area contributed by atoms with E-state index in [0.29, 0.717) is 31.3 Å². The molecule has 2 heterocycles. The fourth-order valence-electron chi connectivity index (χ4n) is 3.59. The minimum absolute atomic E-state index is 0.0614. The fourth-order valence-corrected chi connectivity index (χ4v) is 4.68. The number of nitrogens with zero attached hydrogens (tertiary/aromatic N) is 2. The van der Waals surface area contributed by atoms with E-state index in [1.165, 1.54) is 23.5 Å². The van der Waals surface area contributed by atoms with Gasteiger partial charge in [0, 0.05) is 43.3 Å². The number of thiophene rings is 1. The molecule has 1 fully saturated rings. The fraction of sp³-hybridized carbons (Fsp3) is 0.292. The number of benzene rings is 2. The maximum Gasteiger partial charge on any atom is 0.264 e. The molecule has 0 unspecified atom stereocenters. The molecule has 0 saturated carbocycles. The molecule has 1 aliphatic heterocycles. The van der Waals surface area contributed by atoms with Crippen molar-refractivity contribution in [3.8, 4) is 5.75 Å². The van der Waals surface area contributed by atoms with Crippen LogP contribution in [0.2, 0.25) is 5.02 Å². The average Bonchev–Trinajstić information content (AvgIpc) is 3.23. The molecule has 0 spiro atoms. The van der Waals surface area contributed by atoms with E-state index in [0.717, 1.165) is 40.4 Å². The lowest BCUT2D eigenvalue weighted by molar-refractivity contribution is 0.0633. The smallest absolute Gasteiger partial charge is 0.264 e. The molecule has 2 aromatic carbocycles. The van der Waals surface area contributed by atoms with Crippen LogP contribution < -0.4 is 4.74 Å². The SMILES string of the molecule is Cc1cccc(OCc2csc(C(=O)N3CCN(Cc4ccc(F)cc4Cl)CC3)c2)c1. The van der Waals surface area contributed by atoms with Gasteiger partial charge in [0.25, 0.3) is 5.91 Å². The van der Waals surface area contributed by atoms with E-state index < -0.39 is 0 Å². The predicted octanol–water partition coefficient (Wildman–Crippen LogP) is 5.39. The second-order valence-corrected chi connectivity index (χ2v) is 9.05. The van der Waals surface area contributed by atoms with Crippen LogP contribution in [-0.4, -0.2) is 41.9 Å². The molecule has 0 bridgehead atoms. The van der Waals surface area contributed by atoms with Crippen LogP contribution in [0.5, 0.6) is 5.75 Å². The number of carbonyl (C=O) groups is 1. The summed E-state index contributed by atoms with van der Waals surface area (Å²) >= 11 is 7.60.